The minimum Gasteiger partial charge on any atom is -0.462 e. The molecule has 1 atom stereocenters. The minimum absolute atomic E-state index is 0.00655. The van der Waals surface area contributed by atoms with Gasteiger partial charge in [0, 0.05) is 23.4 Å². The molecule has 1 aliphatic carbocycles. The third kappa shape index (κ3) is 8.74. The highest BCUT2D eigenvalue weighted by Crippen LogP contribution is 2.33. The topological polar surface area (TPSA) is 105 Å². The van der Waals surface area contributed by atoms with Gasteiger partial charge in [0.05, 0.1) is 12.5 Å². The first-order valence-corrected chi connectivity index (χ1v) is 13.2. The number of ether oxygens (including phenoxy) is 2. The molecule has 1 aliphatic rings. The highest BCUT2D eigenvalue weighted by molar-refractivity contribution is 5.87. The van der Waals surface area contributed by atoms with Crippen molar-refractivity contribution >= 4 is 29.4 Å². The first-order chi connectivity index (χ1) is 17.3. The second kappa shape index (κ2) is 13.7. The third-order valence-electron chi connectivity index (χ3n) is 6.95. The van der Waals surface area contributed by atoms with Crippen LogP contribution < -0.4 is 16.2 Å². The van der Waals surface area contributed by atoms with Crippen molar-refractivity contribution in [1.29, 1.82) is 0 Å². The average molecular weight is 493 g/mol. The predicted octanol–water partition coefficient (Wildman–Crippen LogP) is 6.50. The fourth-order valence-corrected chi connectivity index (χ4v) is 4.72. The Morgan fingerprint density at radius 1 is 1.00 bits per heavy atom. The van der Waals surface area contributed by atoms with Crippen LogP contribution in [0.3, 0.4) is 0 Å². The summed E-state index contributed by atoms with van der Waals surface area (Å²) in [6.07, 6.45) is 12.3. The van der Waals surface area contributed by atoms with E-state index < -0.39 is 5.97 Å². The number of unbranched alkanes of at least 4 members (excludes halogenated alkanes) is 2. The fourth-order valence-electron chi connectivity index (χ4n) is 4.72. The first kappa shape index (κ1) is 27.3. The molecule has 1 fully saturated rings. The van der Waals surface area contributed by atoms with Crippen molar-refractivity contribution in [2.24, 2.45) is 11.8 Å². The third-order valence-corrected chi connectivity index (χ3v) is 6.95. The van der Waals surface area contributed by atoms with Crippen LogP contribution in [0, 0.1) is 11.8 Å². The highest BCUT2D eigenvalue weighted by Gasteiger charge is 2.27. The smallest absolute Gasteiger partial charge is 0.330 e. The van der Waals surface area contributed by atoms with E-state index >= 15 is 0 Å². The molecule has 36 heavy (non-hydrogen) atoms. The van der Waals surface area contributed by atoms with Crippen LogP contribution in [0.1, 0.15) is 82.3 Å². The number of hydrogen-bond donors (Lipinski definition) is 2. The van der Waals surface area contributed by atoms with Crippen LogP contribution in [0.4, 0.5) is 11.4 Å². The van der Waals surface area contributed by atoms with Gasteiger partial charge in [-0.2, -0.15) is 0 Å². The Hall–Kier alpha value is -3.28. The summed E-state index contributed by atoms with van der Waals surface area (Å²) >= 11 is 0. The molecule has 6 nitrogen and oxygen atoms in total. The maximum Gasteiger partial charge on any atom is 0.330 e. The molecule has 194 valence electrons. The van der Waals surface area contributed by atoms with Gasteiger partial charge in [0.25, 0.3) is 0 Å². The van der Waals surface area contributed by atoms with Gasteiger partial charge in [-0.25, -0.2) is 4.79 Å². The summed E-state index contributed by atoms with van der Waals surface area (Å²) in [5.41, 5.74) is 14.6. The van der Waals surface area contributed by atoms with Gasteiger partial charge in [0.2, 0.25) is 0 Å². The molecule has 0 saturated heterocycles. The summed E-state index contributed by atoms with van der Waals surface area (Å²) in [6.45, 7) is 4.40. The highest BCUT2D eigenvalue weighted by atomic mass is 16.5. The Morgan fingerprint density at radius 3 is 2.31 bits per heavy atom. The van der Waals surface area contributed by atoms with Gasteiger partial charge in [0.15, 0.2) is 0 Å². The lowest BCUT2D eigenvalue weighted by molar-refractivity contribution is -0.140. The van der Waals surface area contributed by atoms with Gasteiger partial charge in [0.1, 0.15) is 5.75 Å². The van der Waals surface area contributed by atoms with Crippen molar-refractivity contribution in [3.05, 3.63) is 59.7 Å². The van der Waals surface area contributed by atoms with Crippen molar-refractivity contribution in [1.82, 2.24) is 0 Å². The van der Waals surface area contributed by atoms with E-state index in [0.717, 1.165) is 42.7 Å². The minimum atomic E-state index is -0.431. The SMILES string of the molecule is CCCCCC1CCC(C(=O)Oc2ccc(/C=C/C(=O)OCC(C)c3cc(N)cc(N)c3)cc2)CC1. The second-order valence-corrected chi connectivity index (χ2v) is 10.0. The summed E-state index contributed by atoms with van der Waals surface area (Å²) < 4.78 is 11.0. The van der Waals surface area contributed by atoms with Crippen molar-refractivity contribution < 1.29 is 19.1 Å². The maximum atomic E-state index is 12.6. The lowest BCUT2D eigenvalue weighted by Gasteiger charge is -2.27. The molecule has 3 rings (SSSR count). The van der Waals surface area contributed by atoms with Crippen LogP contribution in [0.5, 0.6) is 5.75 Å². The first-order valence-electron chi connectivity index (χ1n) is 13.2. The standard InChI is InChI=1S/C30H40N2O4/c1-3-4-5-6-22-7-12-24(13-8-22)30(34)36-28-14-9-23(10-15-28)11-16-29(33)35-20-21(2)25-17-26(31)19-27(32)18-25/h9-11,14-19,21-22,24H,3-8,12-13,20,31-32H2,1-2H3/b16-11+. The zero-order chi connectivity index (χ0) is 25.9. The van der Waals surface area contributed by atoms with Crippen molar-refractivity contribution in [3.63, 3.8) is 0 Å². The van der Waals surface area contributed by atoms with Gasteiger partial charge in [-0.05, 0) is 79.1 Å². The summed E-state index contributed by atoms with van der Waals surface area (Å²) in [4.78, 5) is 24.7. The van der Waals surface area contributed by atoms with E-state index in [-0.39, 0.29) is 24.4 Å². The van der Waals surface area contributed by atoms with Crippen LogP contribution in [-0.4, -0.2) is 18.5 Å². The largest absolute Gasteiger partial charge is 0.462 e. The van der Waals surface area contributed by atoms with E-state index in [1.165, 1.54) is 31.8 Å². The molecule has 0 radical (unpaired) electrons. The molecule has 2 aromatic carbocycles. The fraction of sp³-hybridized carbons (Fsp3) is 0.467. The van der Waals surface area contributed by atoms with E-state index in [9.17, 15) is 9.59 Å². The van der Waals surface area contributed by atoms with Crippen LogP contribution in [0.15, 0.2) is 48.5 Å². The molecular formula is C30H40N2O4. The summed E-state index contributed by atoms with van der Waals surface area (Å²) in [5, 5.41) is 0. The van der Waals surface area contributed by atoms with Crippen LogP contribution >= 0.6 is 0 Å². The molecule has 0 aliphatic heterocycles. The van der Waals surface area contributed by atoms with E-state index in [1.807, 2.05) is 31.2 Å². The number of carbonyl (C=O) groups is 2. The Bertz CT molecular complexity index is 1000. The number of esters is 2. The molecule has 6 heteroatoms. The van der Waals surface area contributed by atoms with Crippen molar-refractivity contribution in [2.75, 3.05) is 18.1 Å². The number of hydrogen-bond acceptors (Lipinski definition) is 6. The monoisotopic (exact) mass is 492 g/mol. The molecule has 0 spiro atoms. The van der Waals surface area contributed by atoms with Gasteiger partial charge in [-0.3, -0.25) is 4.79 Å². The second-order valence-electron chi connectivity index (χ2n) is 10.0. The van der Waals surface area contributed by atoms with Gasteiger partial charge in [-0.1, -0.05) is 51.7 Å². The number of anilines is 2. The number of nitrogens with two attached hydrogens (primary N) is 2. The molecule has 0 amide bonds. The molecule has 4 N–H and O–H groups in total. The molecule has 0 heterocycles. The van der Waals surface area contributed by atoms with E-state index in [1.54, 1.807) is 24.3 Å². The molecule has 2 aromatic rings. The van der Waals surface area contributed by atoms with Gasteiger partial charge >= 0.3 is 11.9 Å². The van der Waals surface area contributed by atoms with Crippen molar-refractivity contribution in [3.8, 4) is 5.75 Å². The Balaban J connectivity index is 1.41. The van der Waals surface area contributed by atoms with E-state index in [0.29, 0.717) is 17.1 Å². The molecule has 1 saturated carbocycles. The number of rotatable bonds is 11. The van der Waals surface area contributed by atoms with Gasteiger partial charge < -0.3 is 20.9 Å². The zero-order valence-corrected chi connectivity index (χ0v) is 21.6. The number of benzene rings is 2. The molecule has 0 bridgehead atoms. The number of carbonyl (C=O) groups excluding carboxylic acids is 2. The Kier molecular flexibility index (Phi) is 10.4. The van der Waals surface area contributed by atoms with Crippen LogP contribution in [-0.2, 0) is 14.3 Å². The normalized spacial score (nSPS) is 18.6. The van der Waals surface area contributed by atoms with E-state index in [4.69, 9.17) is 20.9 Å². The predicted molar refractivity (Wildman–Crippen MR) is 145 cm³/mol. The summed E-state index contributed by atoms with van der Waals surface area (Å²) in [5.74, 6) is 0.688. The average Bonchev–Trinajstić information content (AvgIpc) is 2.86. The Morgan fingerprint density at radius 2 is 1.67 bits per heavy atom. The summed E-state index contributed by atoms with van der Waals surface area (Å²) in [7, 11) is 0. The Labute approximate surface area is 215 Å². The van der Waals surface area contributed by atoms with Crippen molar-refractivity contribution in [2.45, 2.75) is 71.1 Å². The van der Waals surface area contributed by atoms with Gasteiger partial charge in [-0.15, -0.1) is 0 Å². The summed E-state index contributed by atoms with van der Waals surface area (Å²) in [6, 6.07) is 12.5. The molecular weight excluding hydrogens is 452 g/mol. The number of nitrogen functional groups attached to an aromatic ring is 2. The van der Waals surface area contributed by atoms with Crippen LogP contribution in [0.2, 0.25) is 0 Å². The lowest BCUT2D eigenvalue weighted by Crippen LogP contribution is -2.25. The quantitative estimate of drug-likeness (QED) is 0.122. The maximum absolute atomic E-state index is 12.6. The zero-order valence-electron chi connectivity index (χ0n) is 21.6. The molecule has 0 aromatic heterocycles. The lowest BCUT2D eigenvalue weighted by atomic mass is 9.80. The van der Waals surface area contributed by atoms with E-state index in [2.05, 4.69) is 6.92 Å². The van der Waals surface area contributed by atoms with Crippen LogP contribution in [0.25, 0.3) is 6.08 Å². The molecule has 1 unspecified atom stereocenters.